The highest BCUT2D eigenvalue weighted by Crippen LogP contribution is 2.35. The fraction of sp³-hybridized carbons (Fsp3) is 0.513. The van der Waals surface area contributed by atoms with Crippen LogP contribution in [0.2, 0.25) is 0 Å². The molecule has 3 rings (SSSR count). The third kappa shape index (κ3) is 15.1. The highest BCUT2D eigenvalue weighted by atomic mass is 16.7. The van der Waals surface area contributed by atoms with Crippen molar-refractivity contribution in [1.82, 2.24) is 26.6 Å². The Morgan fingerprint density at radius 3 is 2.03 bits per heavy atom. The van der Waals surface area contributed by atoms with E-state index in [1.165, 1.54) is 21.0 Å². The second kappa shape index (κ2) is 23.5. The van der Waals surface area contributed by atoms with E-state index < -0.39 is 96.6 Å². The summed E-state index contributed by atoms with van der Waals surface area (Å²) in [5, 5.41) is 33.5. The number of carbonyl (C=O) groups is 7. The molecule has 2 aromatic rings. The van der Waals surface area contributed by atoms with E-state index in [9.17, 15) is 43.8 Å². The standard InChI is InChI=1S/C39H55N7O13/c1-23(43-38(55)58-32-31(50)29(21-47)59-39(56-3,33(32)44-24(2)48)20-25-12-6-4-7-13-25)36(53)45-28(35(41)52)17-18-30(49)42-19-11-10-16-27(34(40)51)46-37(54)57-22-26-14-8-5-9-15-26/h4-9,12-15,23,27-29,31-33,47,50H,10-11,16-22H2,1-3H3,(H2,40,51)(H2,41,52)(H,42,49)(H,43,55)(H,44,48)(H,45,53)(H,46,54)/t23?,27?,28?,29-,31-,32+,33-,39+/m1/s1. The number of nitrogens with one attached hydrogen (secondary N) is 5. The summed E-state index contributed by atoms with van der Waals surface area (Å²) in [6.07, 6.45) is -5.87. The highest BCUT2D eigenvalue weighted by molar-refractivity contribution is 5.91. The first-order chi connectivity index (χ1) is 28.1. The minimum absolute atomic E-state index is 0.00991. The summed E-state index contributed by atoms with van der Waals surface area (Å²) in [6.45, 7) is 1.99. The van der Waals surface area contributed by atoms with E-state index in [4.69, 9.17) is 30.4 Å². The van der Waals surface area contributed by atoms with Gasteiger partial charge in [0.15, 0.2) is 11.9 Å². The van der Waals surface area contributed by atoms with E-state index in [2.05, 4.69) is 26.6 Å². The predicted octanol–water partition coefficient (Wildman–Crippen LogP) is -0.871. The molecule has 2 aromatic carbocycles. The van der Waals surface area contributed by atoms with Gasteiger partial charge in [-0.2, -0.15) is 0 Å². The fourth-order valence-electron chi connectivity index (χ4n) is 6.27. The fourth-order valence-corrected chi connectivity index (χ4v) is 6.27. The normalized spacial score (nSPS) is 21.4. The number of rotatable bonds is 22. The van der Waals surface area contributed by atoms with Gasteiger partial charge in [-0.25, -0.2) is 9.59 Å². The summed E-state index contributed by atoms with van der Waals surface area (Å²) in [4.78, 5) is 87.2. The molecule has 1 aliphatic heterocycles. The van der Waals surface area contributed by atoms with Crippen LogP contribution in [0.4, 0.5) is 9.59 Å². The van der Waals surface area contributed by atoms with Crippen molar-refractivity contribution in [2.24, 2.45) is 11.5 Å². The van der Waals surface area contributed by atoms with E-state index in [1.807, 2.05) is 6.07 Å². The minimum Gasteiger partial charge on any atom is -0.445 e. The summed E-state index contributed by atoms with van der Waals surface area (Å²) in [6, 6.07) is 12.9. The van der Waals surface area contributed by atoms with Gasteiger partial charge in [-0.3, -0.25) is 24.0 Å². The minimum atomic E-state index is -1.72. The van der Waals surface area contributed by atoms with E-state index in [0.29, 0.717) is 18.4 Å². The van der Waals surface area contributed by atoms with Crippen molar-refractivity contribution < 1.29 is 62.7 Å². The van der Waals surface area contributed by atoms with Gasteiger partial charge in [0, 0.05) is 33.4 Å². The van der Waals surface area contributed by atoms with Gasteiger partial charge < -0.3 is 67.2 Å². The molecule has 324 valence electrons. The first-order valence-electron chi connectivity index (χ1n) is 19.0. The molecule has 11 N–H and O–H groups in total. The second-order valence-electron chi connectivity index (χ2n) is 13.9. The number of hydrogen-bond donors (Lipinski definition) is 9. The van der Waals surface area contributed by atoms with Crippen molar-refractivity contribution in [2.45, 2.75) is 107 Å². The Bertz CT molecular complexity index is 1720. The molecule has 1 aliphatic rings. The van der Waals surface area contributed by atoms with Gasteiger partial charge in [-0.1, -0.05) is 60.7 Å². The molecule has 1 fully saturated rings. The zero-order chi connectivity index (χ0) is 43.5. The molecule has 0 aromatic heterocycles. The molecule has 7 amide bonds. The predicted molar refractivity (Wildman–Crippen MR) is 208 cm³/mol. The Balaban J connectivity index is 1.48. The van der Waals surface area contributed by atoms with E-state index >= 15 is 0 Å². The lowest BCUT2D eigenvalue weighted by Gasteiger charge is -2.50. The lowest BCUT2D eigenvalue weighted by molar-refractivity contribution is -0.326. The number of benzene rings is 2. The number of aliphatic hydroxyl groups is 2. The molecule has 59 heavy (non-hydrogen) atoms. The largest absolute Gasteiger partial charge is 0.445 e. The van der Waals surface area contributed by atoms with Crippen molar-refractivity contribution in [3.63, 3.8) is 0 Å². The lowest BCUT2D eigenvalue weighted by Crippen LogP contribution is -2.72. The van der Waals surface area contributed by atoms with Crippen molar-refractivity contribution in [3.8, 4) is 0 Å². The molecule has 0 aliphatic carbocycles. The number of alkyl carbamates (subject to hydrolysis) is 2. The van der Waals surface area contributed by atoms with Gasteiger partial charge in [0.2, 0.25) is 29.5 Å². The van der Waals surface area contributed by atoms with Crippen LogP contribution in [0, 0.1) is 0 Å². The Morgan fingerprint density at radius 2 is 1.46 bits per heavy atom. The smallest absolute Gasteiger partial charge is 0.408 e. The molecule has 0 radical (unpaired) electrons. The summed E-state index contributed by atoms with van der Waals surface area (Å²) in [5.41, 5.74) is 12.4. The molecule has 0 bridgehead atoms. The van der Waals surface area contributed by atoms with E-state index in [1.54, 1.807) is 54.6 Å². The van der Waals surface area contributed by atoms with Gasteiger partial charge in [-0.15, -0.1) is 0 Å². The number of hydrogen-bond acceptors (Lipinski definition) is 13. The number of unbranched alkanes of at least 4 members (excludes halogenated alkanes) is 1. The van der Waals surface area contributed by atoms with Crippen LogP contribution in [0.15, 0.2) is 60.7 Å². The summed E-state index contributed by atoms with van der Waals surface area (Å²) >= 11 is 0. The number of ether oxygens (including phenoxy) is 4. The van der Waals surface area contributed by atoms with Crippen LogP contribution in [-0.2, 0) is 55.9 Å². The maximum absolute atomic E-state index is 13.2. The van der Waals surface area contributed by atoms with Crippen LogP contribution in [0.5, 0.6) is 0 Å². The molecule has 1 saturated heterocycles. The van der Waals surface area contributed by atoms with Gasteiger partial charge >= 0.3 is 12.2 Å². The molecular weight excluding hydrogens is 774 g/mol. The summed E-state index contributed by atoms with van der Waals surface area (Å²) in [5.74, 6) is -5.30. The highest BCUT2D eigenvalue weighted by Gasteiger charge is 2.57. The average Bonchev–Trinajstić information content (AvgIpc) is 3.20. The SMILES string of the molecule is CO[C@@]1(Cc2ccccc2)O[C@H](CO)[C@@H](O)[C@H](OC(=O)NC(C)C(=O)NC(CCC(=O)NCCCCC(NC(=O)OCc2ccccc2)C(N)=O)C(N)=O)[C@H]1NC(C)=O. The first-order valence-corrected chi connectivity index (χ1v) is 19.0. The number of carbonyl (C=O) groups excluding carboxylic acids is 7. The van der Waals surface area contributed by atoms with Crippen LogP contribution in [0.3, 0.4) is 0 Å². The summed E-state index contributed by atoms with van der Waals surface area (Å²) in [7, 11) is 1.30. The molecule has 0 spiro atoms. The third-order valence-corrected chi connectivity index (χ3v) is 9.43. The molecule has 20 nitrogen and oxygen atoms in total. The molecule has 8 atom stereocenters. The summed E-state index contributed by atoms with van der Waals surface area (Å²) < 4.78 is 22.4. The zero-order valence-corrected chi connectivity index (χ0v) is 33.2. The maximum Gasteiger partial charge on any atom is 0.408 e. The third-order valence-electron chi connectivity index (χ3n) is 9.43. The van der Waals surface area contributed by atoms with Gasteiger partial charge in [0.25, 0.3) is 0 Å². The molecule has 0 saturated carbocycles. The van der Waals surface area contributed by atoms with Crippen molar-refractivity contribution >= 4 is 41.7 Å². The van der Waals surface area contributed by atoms with Gasteiger partial charge in [0.05, 0.1) is 6.61 Å². The maximum atomic E-state index is 13.2. The molecule has 1 heterocycles. The topological polar surface area (TPSA) is 309 Å². The zero-order valence-electron chi connectivity index (χ0n) is 33.2. The van der Waals surface area contributed by atoms with Crippen LogP contribution in [-0.4, -0.2) is 120 Å². The number of primary amides is 2. The first kappa shape index (κ1) is 47.5. The van der Waals surface area contributed by atoms with E-state index in [-0.39, 0.29) is 38.8 Å². The Morgan fingerprint density at radius 1 is 0.847 bits per heavy atom. The Kier molecular flexibility index (Phi) is 19.0. The van der Waals surface area contributed by atoms with Gasteiger partial charge in [0.1, 0.15) is 43.0 Å². The van der Waals surface area contributed by atoms with Crippen LogP contribution >= 0.6 is 0 Å². The Labute approximate surface area is 341 Å². The number of amides is 7. The quantitative estimate of drug-likeness (QED) is 0.0653. The number of aliphatic hydroxyl groups excluding tert-OH is 2. The second-order valence-corrected chi connectivity index (χ2v) is 13.9. The molecule has 3 unspecified atom stereocenters. The van der Waals surface area contributed by atoms with Gasteiger partial charge in [-0.05, 0) is 43.7 Å². The van der Waals surface area contributed by atoms with Crippen molar-refractivity contribution in [2.75, 3.05) is 20.3 Å². The Hall–Kier alpha value is -5.83. The van der Waals surface area contributed by atoms with Crippen molar-refractivity contribution in [3.05, 3.63) is 71.8 Å². The van der Waals surface area contributed by atoms with Crippen LogP contribution in [0.25, 0.3) is 0 Å². The van der Waals surface area contributed by atoms with Crippen molar-refractivity contribution in [1.29, 1.82) is 0 Å². The average molecular weight is 830 g/mol. The molecular formula is C39H55N7O13. The van der Waals surface area contributed by atoms with Crippen LogP contribution in [0.1, 0.15) is 57.1 Å². The number of nitrogens with two attached hydrogens (primary N) is 2. The lowest BCUT2D eigenvalue weighted by atomic mass is 9.86. The number of methoxy groups -OCH3 is 1. The van der Waals surface area contributed by atoms with E-state index in [0.717, 1.165) is 5.56 Å². The molecule has 20 heteroatoms. The monoisotopic (exact) mass is 829 g/mol. The van der Waals surface area contributed by atoms with Crippen LogP contribution < -0.4 is 38.1 Å².